The first-order valence-corrected chi connectivity index (χ1v) is 45.7. The van der Waals surface area contributed by atoms with Gasteiger partial charge < -0.3 is 39.5 Å². The van der Waals surface area contributed by atoms with Crippen molar-refractivity contribution in [2.24, 2.45) is 21.1 Å². The maximum atomic E-state index is 11.3. The SMILES string of the molecule is CCc1sncc1CSc1nc(C)cc(=O)[nH]1.CCn1ncc(C)c1CSc1nc(C)cc(=O)[nH]1.Cc1cc(=O)[nH]c(SCc2c(C)cnn2C)n1.Cc1cc(=O)[nH]c(SCc2c(C)ncn2C)n1.Cc1cc(=O)[nH]c(SCc2cnn(C)c2Cl)n1.Cc1cc(=O)[nH]c(SCc2cnsc2C)n1.Cc1cc(=O)[nH]c(SCc2csnc2C)n1. The van der Waals surface area contributed by atoms with E-state index in [9.17, 15) is 33.6 Å². The molecular weight excluding hydrogens is 1720 g/mol. The van der Waals surface area contributed by atoms with Crippen LogP contribution in [0.3, 0.4) is 0 Å². The maximum Gasteiger partial charge on any atom is 0.251 e. The highest BCUT2D eigenvalue weighted by Crippen LogP contribution is 2.28. The third kappa shape index (κ3) is 31.1. The lowest BCUT2D eigenvalue weighted by Crippen LogP contribution is -2.08. The predicted octanol–water partition coefficient (Wildman–Crippen LogP) is 13.1. The molecule has 7 N–H and O–H groups in total. The molecule has 43 heteroatoms. The molecule has 14 aromatic heterocycles. The van der Waals surface area contributed by atoms with Crippen LogP contribution in [0.2, 0.25) is 5.15 Å². The zero-order chi connectivity index (χ0) is 85.7. The van der Waals surface area contributed by atoms with Crippen molar-refractivity contribution >= 4 is 129 Å². The van der Waals surface area contributed by atoms with Crippen LogP contribution in [0.4, 0.5) is 0 Å². The van der Waals surface area contributed by atoms with Gasteiger partial charge in [-0.1, -0.05) is 101 Å². The van der Waals surface area contributed by atoms with Gasteiger partial charge in [0.2, 0.25) is 0 Å². The van der Waals surface area contributed by atoms with E-state index in [0.717, 1.165) is 116 Å². The molecule has 0 aliphatic rings. The second kappa shape index (κ2) is 46.8. The summed E-state index contributed by atoms with van der Waals surface area (Å²) < 4.78 is 19.9. The van der Waals surface area contributed by atoms with Crippen molar-refractivity contribution in [1.82, 2.24) is 122 Å². The van der Waals surface area contributed by atoms with Gasteiger partial charge in [-0.15, -0.1) is 0 Å². The summed E-state index contributed by atoms with van der Waals surface area (Å²) in [5, 5.41) is 19.7. The molecule has 624 valence electrons. The van der Waals surface area contributed by atoms with Gasteiger partial charge in [0.1, 0.15) is 5.15 Å². The topological polar surface area (TPSA) is 430 Å². The normalized spacial score (nSPS) is 10.7. The van der Waals surface area contributed by atoms with E-state index < -0.39 is 0 Å². The number of aryl methyl sites for hydroxylation is 17. The van der Waals surface area contributed by atoms with Gasteiger partial charge in [0.25, 0.3) is 38.9 Å². The summed E-state index contributed by atoms with van der Waals surface area (Å²) in [4.78, 5) is 134. The molecule has 0 spiro atoms. The van der Waals surface area contributed by atoms with E-state index in [0.29, 0.717) is 52.7 Å². The van der Waals surface area contributed by atoms with Crippen molar-refractivity contribution in [1.29, 1.82) is 0 Å². The predicted molar refractivity (Wildman–Crippen MR) is 476 cm³/mol. The Morgan fingerprint density at radius 2 is 0.729 bits per heavy atom. The van der Waals surface area contributed by atoms with Crippen molar-refractivity contribution in [3.63, 3.8) is 0 Å². The first-order chi connectivity index (χ1) is 56.3. The van der Waals surface area contributed by atoms with Gasteiger partial charge in [0.05, 0.1) is 53.4 Å². The van der Waals surface area contributed by atoms with Crippen molar-refractivity contribution in [3.8, 4) is 0 Å². The second-order valence-corrected chi connectivity index (χ2v) is 35.4. The van der Waals surface area contributed by atoms with Crippen LogP contribution >= 0.6 is 129 Å². The highest BCUT2D eigenvalue weighted by Gasteiger charge is 2.14. The number of hydrogen-bond donors (Lipinski definition) is 7. The lowest BCUT2D eigenvalue weighted by Gasteiger charge is -2.06. The number of H-pyrrole nitrogens is 7. The highest BCUT2D eigenvalue weighted by atomic mass is 35.5. The van der Waals surface area contributed by atoms with Gasteiger partial charge >= 0.3 is 0 Å². The molecule has 0 aliphatic heterocycles. The van der Waals surface area contributed by atoms with Gasteiger partial charge in [-0.2, -0.15) is 19.7 Å². The largest absolute Gasteiger partial charge is 0.337 e. The molecule has 0 bridgehead atoms. The molecule has 14 aromatic rings. The van der Waals surface area contributed by atoms with E-state index in [1.54, 1.807) is 31.2 Å². The van der Waals surface area contributed by atoms with Crippen molar-refractivity contribution in [3.05, 3.63) is 274 Å². The minimum atomic E-state index is -0.141. The van der Waals surface area contributed by atoms with E-state index in [2.05, 4.69) is 117 Å². The zero-order valence-corrected chi connectivity index (χ0v) is 76.7. The Hall–Kier alpha value is -9.37. The second-order valence-electron chi connectivity index (χ2n) is 25.8. The summed E-state index contributed by atoms with van der Waals surface area (Å²) in [5.74, 6) is 5.24. The Balaban J connectivity index is 0.000000172. The average molecular weight is 1810 g/mol. The molecule has 0 aromatic carbocycles. The molecular formula is C75H90ClN25O7S10. The quantitative estimate of drug-likeness (QED) is 0.0231. The number of nitrogens with zero attached hydrogens (tertiary/aromatic N) is 18. The van der Waals surface area contributed by atoms with Crippen LogP contribution in [0.15, 0.2) is 155 Å². The number of aromatic nitrogens is 25. The van der Waals surface area contributed by atoms with E-state index in [1.165, 1.54) is 197 Å². The maximum absolute atomic E-state index is 11.3. The molecule has 14 rings (SSSR count). The van der Waals surface area contributed by atoms with Crippen LogP contribution in [-0.2, 0) is 74.4 Å². The fourth-order valence-electron chi connectivity index (χ4n) is 10.0. The number of aromatic amines is 7. The number of nitrogens with one attached hydrogen (secondary N) is 7. The number of halogens is 1. The van der Waals surface area contributed by atoms with Crippen LogP contribution in [0, 0.1) is 83.1 Å². The summed E-state index contributed by atoms with van der Waals surface area (Å²) in [7, 11) is 5.65. The highest BCUT2D eigenvalue weighted by molar-refractivity contribution is 7.99. The standard InChI is InChI=1S/C12H16N4OS.2C11H14N4OS.C11H13N3OS2.C10H11ClN4OS.2C10H11N3OS2/c1-4-16-10(8(2)6-13-16)7-18-12-14-9(3)5-11(17)15-12;1-7-5-12-15(3)9(7)6-17-11-13-8(2)4-10(16)14-11;1-7-4-10(16)14-11(13-7)17-5-9-8(2)12-6-15(9)3;1-3-9-8(5-12-17-9)6-16-11-13-7(2)4-10(15)14-11;1-6-3-8(16)14-10(13-6)17-5-7-4-12-15(2)9(7)11;1-6-3-9(14)12-10(11-6)15-4-8-5-16-13-7(8)2;1-6-3-9(14)13-10(12-6)15-5-8-4-11-16-7(8)2/h5-6H,4,7H2,1-3H3,(H,14,15,17);4-5H,6H2,1-3H3,(H,13,14,16);4,6H,5H2,1-3H3,(H,13,14,16);4-5H,3,6H2,1-2H3,(H,13,14,15);3-4H,5H2,1-2H3,(H,13,14,16);3,5H,4H2,1-2H3,(H,11,12,14);3-4H,5H2,1-2H3,(H,12,13,14). The van der Waals surface area contributed by atoms with E-state index >= 15 is 0 Å². The first-order valence-electron chi connectivity index (χ1n) is 36.1. The molecule has 0 aliphatic carbocycles. The Morgan fingerprint density at radius 1 is 0.381 bits per heavy atom. The van der Waals surface area contributed by atoms with E-state index in [4.69, 9.17) is 11.6 Å². The number of hydrogen-bond acceptors (Lipinski definition) is 31. The fraction of sp³-hybridized carbons (Fsp3) is 0.347. The molecule has 0 unspecified atom stereocenters. The molecule has 118 heavy (non-hydrogen) atoms. The molecule has 14 heterocycles. The van der Waals surface area contributed by atoms with Crippen LogP contribution in [0.25, 0.3) is 0 Å². The molecule has 0 radical (unpaired) electrons. The third-order valence-electron chi connectivity index (χ3n) is 16.1. The number of thioether (sulfide) groups is 7. The fourth-order valence-corrected chi connectivity index (χ4v) is 19.4. The van der Waals surface area contributed by atoms with Gasteiger partial charge in [0, 0.05) is 183 Å². The summed E-state index contributed by atoms with van der Waals surface area (Å²) in [6.45, 7) is 27.8. The third-order valence-corrected chi connectivity index (χ3v) is 25.4. The molecule has 0 atom stereocenters. The average Bonchev–Trinajstić information content (AvgIpc) is 1.77. The number of imidazole rings is 1. The van der Waals surface area contributed by atoms with Gasteiger partial charge in [-0.05, 0) is 159 Å². The lowest BCUT2D eigenvalue weighted by molar-refractivity contribution is 0.636. The Bertz CT molecular complexity index is 5820. The van der Waals surface area contributed by atoms with Crippen LogP contribution in [0.1, 0.15) is 125 Å². The Morgan fingerprint density at radius 3 is 1.06 bits per heavy atom. The van der Waals surface area contributed by atoms with E-state index in [-0.39, 0.29) is 38.9 Å². The summed E-state index contributed by atoms with van der Waals surface area (Å²) in [6.07, 6.45) is 12.0. The first kappa shape index (κ1) is 94.1. The lowest BCUT2D eigenvalue weighted by atomic mass is 10.3. The van der Waals surface area contributed by atoms with Crippen molar-refractivity contribution in [2.75, 3.05) is 0 Å². The van der Waals surface area contributed by atoms with E-state index in [1.807, 2.05) is 134 Å². The molecule has 0 saturated heterocycles. The summed E-state index contributed by atoms with van der Waals surface area (Å²) >= 11 is 21.0. The number of rotatable bonds is 23. The summed E-state index contributed by atoms with van der Waals surface area (Å²) in [6, 6.07) is 10.4. The zero-order valence-electron chi connectivity index (χ0n) is 67.8. The molecule has 32 nitrogen and oxygen atoms in total. The Kier molecular flexibility index (Phi) is 37.4. The van der Waals surface area contributed by atoms with Crippen LogP contribution in [0.5, 0.6) is 0 Å². The monoisotopic (exact) mass is 1810 g/mol. The van der Waals surface area contributed by atoms with Gasteiger partial charge in [0.15, 0.2) is 36.1 Å². The van der Waals surface area contributed by atoms with Crippen molar-refractivity contribution in [2.45, 2.75) is 186 Å². The molecule has 0 fully saturated rings. The van der Waals surface area contributed by atoms with Gasteiger partial charge in [-0.3, -0.25) is 47.6 Å². The van der Waals surface area contributed by atoms with Crippen molar-refractivity contribution < 1.29 is 0 Å². The van der Waals surface area contributed by atoms with Crippen LogP contribution < -0.4 is 38.9 Å². The molecule has 0 saturated carbocycles. The smallest absolute Gasteiger partial charge is 0.251 e. The Labute approximate surface area is 726 Å². The summed E-state index contributed by atoms with van der Waals surface area (Å²) in [5.41, 5.74) is 16.7. The molecule has 0 amide bonds. The minimum absolute atomic E-state index is 0.0980. The van der Waals surface area contributed by atoms with Crippen LogP contribution in [-0.4, -0.2) is 122 Å². The minimum Gasteiger partial charge on any atom is -0.337 e. The van der Waals surface area contributed by atoms with Gasteiger partial charge in [-0.25, -0.2) is 48.6 Å².